The van der Waals surface area contributed by atoms with Crippen molar-refractivity contribution in [2.24, 2.45) is 21.6 Å². The van der Waals surface area contributed by atoms with Crippen molar-refractivity contribution in [3.8, 4) is 23.6 Å². The van der Waals surface area contributed by atoms with Crippen LogP contribution in [0.2, 0.25) is 0 Å². The molecule has 28 heavy (non-hydrogen) atoms. The molecule has 1 aliphatic heterocycles. The lowest BCUT2D eigenvalue weighted by Crippen LogP contribution is -2.43. The molecule has 0 amide bonds. The second-order valence-electron chi connectivity index (χ2n) is 6.56. The van der Waals surface area contributed by atoms with Gasteiger partial charge in [-0.05, 0) is 38.5 Å². The Morgan fingerprint density at radius 3 is 2.25 bits per heavy atom. The van der Waals surface area contributed by atoms with Crippen LogP contribution in [0.5, 0.6) is 11.5 Å². The summed E-state index contributed by atoms with van der Waals surface area (Å²) in [5.74, 6) is -1.05. The van der Waals surface area contributed by atoms with E-state index in [1.807, 2.05) is 13.0 Å². The summed E-state index contributed by atoms with van der Waals surface area (Å²) >= 11 is 0. The van der Waals surface area contributed by atoms with Crippen molar-refractivity contribution in [2.75, 3.05) is 26.9 Å². The molecule has 3 atom stereocenters. The van der Waals surface area contributed by atoms with Crippen LogP contribution in [-0.2, 0) is 9.47 Å². The van der Waals surface area contributed by atoms with Crippen LogP contribution in [0.15, 0.2) is 23.2 Å². The van der Waals surface area contributed by atoms with Crippen LogP contribution in [-0.4, -0.2) is 38.7 Å². The number of hydrogen-bond acceptors (Lipinski definition) is 8. The van der Waals surface area contributed by atoms with E-state index >= 15 is 0 Å². The van der Waals surface area contributed by atoms with Crippen LogP contribution >= 0.6 is 0 Å². The number of rotatable bonds is 8. The van der Waals surface area contributed by atoms with Gasteiger partial charge in [-0.15, -0.1) is 0 Å². The highest BCUT2D eigenvalue weighted by atomic mass is 16.7. The molecule has 8 nitrogen and oxygen atoms in total. The molecular formula is C20H24N4O4. The second-order valence-corrected chi connectivity index (χ2v) is 6.56. The summed E-state index contributed by atoms with van der Waals surface area (Å²) in [6.45, 7) is 6.43. The highest BCUT2D eigenvalue weighted by Gasteiger charge is 2.93. The lowest BCUT2D eigenvalue weighted by Gasteiger charge is -2.31. The third-order valence-corrected chi connectivity index (χ3v) is 5.43. The fourth-order valence-corrected chi connectivity index (χ4v) is 4.39. The number of ether oxygens (including phenoxy) is 4. The topological polar surface area (TPSA) is 123 Å². The van der Waals surface area contributed by atoms with E-state index in [-0.39, 0.29) is 19.0 Å². The molecule has 148 valence electrons. The zero-order valence-corrected chi connectivity index (χ0v) is 16.5. The Bertz CT molecular complexity index is 881. The number of nitrogens with two attached hydrogens (primary N) is 1. The number of amidine groups is 1. The Balaban J connectivity index is 2.17. The predicted molar refractivity (Wildman–Crippen MR) is 101 cm³/mol. The summed E-state index contributed by atoms with van der Waals surface area (Å²) in [5.41, 5.74) is 4.20. The number of nitriles is 2. The SMILES string of the molecule is CCOc1ccc([C@@H]2[C@]3(C#N)C(N)=NC(OCC)(OCC)[C@]23C#N)cc1OC. The van der Waals surface area contributed by atoms with Crippen LogP contribution in [0.1, 0.15) is 32.3 Å². The molecule has 1 saturated carbocycles. The van der Waals surface area contributed by atoms with Crippen LogP contribution in [0.3, 0.4) is 0 Å². The number of nitrogens with zero attached hydrogens (tertiary/aromatic N) is 3. The molecule has 1 fully saturated rings. The highest BCUT2D eigenvalue weighted by molar-refractivity contribution is 6.00. The van der Waals surface area contributed by atoms with Gasteiger partial charge >= 0.3 is 0 Å². The van der Waals surface area contributed by atoms with Gasteiger partial charge in [-0.25, -0.2) is 4.99 Å². The molecule has 8 heteroatoms. The Morgan fingerprint density at radius 2 is 1.75 bits per heavy atom. The standard InChI is InChI=1S/C20H24N4O4/c1-5-26-14-9-8-13(10-15(14)25-4)16-18(11-21)17(23)24-20(27-6-2,28-7-3)19(16,18)12-22/h8-10,16H,5-7H2,1-4H3,(H2,23,24)/t16-,18-,19-/m1/s1. The van der Waals surface area contributed by atoms with Crippen molar-refractivity contribution in [3.63, 3.8) is 0 Å². The minimum atomic E-state index is -1.62. The van der Waals surface area contributed by atoms with Gasteiger partial charge in [0.15, 0.2) is 16.9 Å². The number of methoxy groups -OCH3 is 1. The van der Waals surface area contributed by atoms with Gasteiger partial charge in [0.1, 0.15) is 11.3 Å². The summed E-state index contributed by atoms with van der Waals surface area (Å²) in [4.78, 5) is 4.33. The van der Waals surface area contributed by atoms with E-state index in [2.05, 4.69) is 17.1 Å². The van der Waals surface area contributed by atoms with E-state index in [1.165, 1.54) is 7.11 Å². The zero-order chi connectivity index (χ0) is 20.6. The first-order valence-corrected chi connectivity index (χ1v) is 9.25. The van der Waals surface area contributed by atoms with E-state index in [4.69, 9.17) is 24.7 Å². The Morgan fingerprint density at radius 1 is 1.07 bits per heavy atom. The average Bonchev–Trinajstić information content (AvgIpc) is 3.27. The third-order valence-electron chi connectivity index (χ3n) is 5.43. The number of aliphatic imine (C=N–C) groups is 1. The molecule has 0 radical (unpaired) electrons. The predicted octanol–water partition coefficient (Wildman–Crippen LogP) is 2.31. The minimum Gasteiger partial charge on any atom is -0.493 e. The van der Waals surface area contributed by atoms with Crippen molar-refractivity contribution in [1.29, 1.82) is 10.5 Å². The first-order valence-electron chi connectivity index (χ1n) is 9.25. The molecule has 0 unspecified atom stereocenters. The maximum Gasteiger partial charge on any atom is 0.293 e. The van der Waals surface area contributed by atoms with Gasteiger partial charge in [0.2, 0.25) is 0 Å². The Kier molecular flexibility index (Phi) is 4.97. The molecule has 3 rings (SSSR count). The van der Waals surface area contributed by atoms with E-state index in [1.54, 1.807) is 26.0 Å². The van der Waals surface area contributed by atoms with Crippen molar-refractivity contribution in [1.82, 2.24) is 0 Å². The first-order chi connectivity index (χ1) is 13.5. The van der Waals surface area contributed by atoms with Gasteiger partial charge in [-0.2, -0.15) is 10.5 Å². The van der Waals surface area contributed by atoms with E-state index in [0.717, 1.165) is 0 Å². The molecule has 1 heterocycles. The summed E-state index contributed by atoms with van der Waals surface area (Å²) in [6.07, 6.45) is 0. The molecule has 0 bridgehead atoms. The molecule has 2 aliphatic rings. The van der Waals surface area contributed by atoms with Gasteiger partial charge in [0.25, 0.3) is 5.91 Å². The Labute approximate surface area is 164 Å². The molecule has 0 aromatic heterocycles. The lowest BCUT2D eigenvalue weighted by atomic mass is 9.93. The van der Waals surface area contributed by atoms with Gasteiger partial charge in [-0.1, -0.05) is 6.07 Å². The molecule has 1 aromatic rings. The number of fused-ring (bicyclic) bond motifs is 1. The molecule has 0 spiro atoms. The van der Waals surface area contributed by atoms with Crippen molar-refractivity contribution < 1.29 is 18.9 Å². The van der Waals surface area contributed by atoms with Crippen LogP contribution in [0.25, 0.3) is 0 Å². The van der Waals surface area contributed by atoms with Gasteiger partial charge < -0.3 is 24.7 Å². The maximum absolute atomic E-state index is 10.2. The highest BCUT2D eigenvalue weighted by Crippen LogP contribution is 2.82. The summed E-state index contributed by atoms with van der Waals surface area (Å²) in [5, 5.41) is 20.3. The number of benzene rings is 1. The van der Waals surface area contributed by atoms with Gasteiger partial charge in [-0.3, -0.25) is 0 Å². The molecule has 1 aliphatic carbocycles. The van der Waals surface area contributed by atoms with E-state index < -0.39 is 22.7 Å². The maximum atomic E-state index is 10.2. The van der Waals surface area contributed by atoms with Gasteiger partial charge in [0.05, 0.1) is 25.9 Å². The summed E-state index contributed by atoms with van der Waals surface area (Å²) in [7, 11) is 1.54. The number of hydrogen-bond donors (Lipinski definition) is 1. The monoisotopic (exact) mass is 384 g/mol. The van der Waals surface area contributed by atoms with Gasteiger partial charge in [0, 0.05) is 19.1 Å². The van der Waals surface area contributed by atoms with Crippen LogP contribution in [0.4, 0.5) is 0 Å². The fourth-order valence-electron chi connectivity index (χ4n) is 4.39. The van der Waals surface area contributed by atoms with Crippen molar-refractivity contribution in [2.45, 2.75) is 32.6 Å². The summed E-state index contributed by atoms with van der Waals surface area (Å²) in [6, 6.07) is 9.86. The fraction of sp³-hybridized carbons (Fsp3) is 0.550. The molecule has 1 aromatic carbocycles. The average molecular weight is 384 g/mol. The lowest BCUT2D eigenvalue weighted by molar-refractivity contribution is -0.255. The van der Waals surface area contributed by atoms with Crippen molar-refractivity contribution in [3.05, 3.63) is 23.8 Å². The third kappa shape index (κ3) is 2.19. The van der Waals surface area contributed by atoms with Crippen LogP contribution in [0, 0.1) is 33.5 Å². The first kappa shape index (κ1) is 19.9. The second kappa shape index (κ2) is 6.97. The Hall–Kier alpha value is -2.81. The van der Waals surface area contributed by atoms with Crippen molar-refractivity contribution >= 4 is 5.84 Å². The van der Waals surface area contributed by atoms with Crippen LogP contribution < -0.4 is 15.2 Å². The molecule has 2 N–H and O–H groups in total. The summed E-state index contributed by atoms with van der Waals surface area (Å²) < 4.78 is 22.7. The van der Waals surface area contributed by atoms with E-state index in [0.29, 0.717) is 23.7 Å². The minimum absolute atomic E-state index is 0.0521. The normalized spacial score (nSPS) is 29.2. The van der Waals surface area contributed by atoms with E-state index in [9.17, 15) is 10.5 Å². The quantitative estimate of drug-likeness (QED) is 0.682. The largest absolute Gasteiger partial charge is 0.493 e. The molecule has 0 saturated heterocycles. The molecular weight excluding hydrogens is 360 g/mol. The smallest absolute Gasteiger partial charge is 0.293 e. The zero-order valence-electron chi connectivity index (χ0n) is 16.5.